The van der Waals surface area contributed by atoms with E-state index in [1.807, 2.05) is 24.3 Å². The lowest BCUT2D eigenvalue weighted by Gasteiger charge is -2.19. The zero-order valence-corrected chi connectivity index (χ0v) is 23.0. The van der Waals surface area contributed by atoms with Crippen molar-refractivity contribution < 1.29 is 27.6 Å². The van der Waals surface area contributed by atoms with E-state index >= 15 is 0 Å². The number of carbonyl (C=O) groups is 1. The molecule has 11 nitrogen and oxygen atoms in total. The first-order valence-electron chi connectivity index (χ1n) is 10.9. The maximum Gasteiger partial charge on any atom is 0.333 e. The number of aromatic nitrogens is 2. The summed E-state index contributed by atoms with van der Waals surface area (Å²) in [7, 11) is -4.20. The van der Waals surface area contributed by atoms with Crippen LogP contribution in [0, 0.1) is 5.92 Å². The highest BCUT2D eigenvalue weighted by Crippen LogP contribution is 2.36. The molecule has 15 heteroatoms. The molecule has 2 aromatic heterocycles. The highest BCUT2D eigenvalue weighted by molar-refractivity contribution is 9.10. The Hall–Kier alpha value is -2.01. The molecular formula is C22H23BrClN5O6S2. The monoisotopic (exact) mass is 631 g/mol. The Morgan fingerprint density at radius 2 is 2.08 bits per heavy atom. The number of hydrogen-bond donors (Lipinski definition) is 5. The molecule has 1 fully saturated rings. The molecule has 0 saturated heterocycles. The summed E-state index contributed by atoms with van der Waals surface area (Å²) in [6.07, 6.45) is 0.135. The third-order valence-corrected chi connectivity index (χ3v) is 8.35. The van der Waals surface area contributed by atoms with Crippen LogP contribution in [0.1, 0.15) is 38.8 Å². The minimum Gasteiger partial charge on any atom is -0.390 e. The molecule has 0 radical (unpaired) electrons. The molecule has 4 rings (SSSR count). The summed E-state index contributed by atoms with van der Waals surface area (Å²) >= 11 is 10.9. The highest BCUT2D eigenvalue weighted by atomic mass is 79.9. The molecule has 0 bridgehead atoms. The van der Waals surface area contributed by atoms with Crippen molar-refractivity contribution in [1.82, 2.24) is 9.97 Å². The molecule has 1 aromatic carbocycles. The Bertz CT molecular complexity index is 1410. The fourth-order valence-corrected chi connectivity index (χ4v) is 6.21. The quantitative estimate of drug-likeness (QED) is 0.218. The number of carbonyl (C=O) groups excluding carboxylic acids is 1. The van der Waals surface area contributed by atoms with Gasteiger partial charge in [-0.15, -0.1) is 11.3 Å². The summed E-state index contributed by atoms with van der Waals surface area (Å²) in [5.74, 6) is -0.999. The highest BCUT2D eigenvalue weighted by Gasteiger charge is 2.42. The molecular weight excluding hydrogens is 610 g/mol. The van der Waals surface area contributed by atoms with Crippen LogP contribution in [0.5, 0.6) is 0 Å². The molecule has 7 N–H and O–H groups in total. The summed E-state index contributed by atoms with van der Waals surface area (Å²) in [4.78, 5) is 21.8. The molecule has 37 heavy (non-hydrogen) atoms. The number of nitrogens with zero attached hydrogens (tertiary/aromatic N) is 2. The molecule has 5 atom stereocenters. The van der Waals surface area contributed by atoms with Crippen molar-refractivity contribution in [3.05, 3.63) is 73.2 Å². The number of rotatable bonds is 9. The largest absolute Gasteiger partial charge is 0.390 e. The van der Waals surface area contributed by atoms with E-state index in [1.165, 1.54) is 12.5 Å². The van der Waals surface area contributed by atoms with Gasteiger partial charge in [0.1, 0.15) is 18.2 Å². The van der Waals surface area contributed by atoms with Crippen LogP contribution in [-0.2, 0) is 14.5 Å². The number of halogens is 2. The van der Waals surface area contributed by atoms with Crippen molar-refractivity contribution >= 4 is 60.8 Å². The normalized spacial score (nSPS) is 22.6. The molecule has 2 heterocycles. The van der Waals surface area contributed by atoms with Gasteiger partial charge in [-0.3, -0.25) is 8.98 Å². The van der Waals surface area contributed by atoms with Crippen molar-refractivity contribution in [1.29, 1.82) is 0 Å². The summed E-state index contributed by atoms with van der Waals surface area (Å²) in [6.45, 7) is -0.403. The minimum atomic E-state index is -4.20. The zero-order chi connectivity index (χ0) is 26.9. The molecule has 3 aromatic rings. The second-order valence-corrected chi connectivity index (χ2v) is 12.3. The number of nitrogens with two attached hydrogens (primary N) is 2. The second-order valence-electron chi connectivity index (χ2n) is 8.49. The van der Waals surface area contributed by atoms with E-state index in [0.717, 1.165) is 21.4 Å². The number of anilines is 1. The molecule has 1 saturated carbocycles. The van der Waals surface area contributed by atoms with Crippen LogP contribution >= 0.6 is 38.9 Å². The van der Waals surface area contributed by atoms with Gasteiger partial charge in [0, 0.05) is 22.2 Å². The fraction of sp³-hybridized carbons (Fsp3) is 0.318. The number of hydrogen-bond acceptors (Lipinski definition) is 11. The average molecular weight is 633 g/mol. The Kier molecular flexibility index (Phi) is 8.62. The lowest BCUT2D eigenvalue weighted by molar-refractivity contribution is 0.00778. The zero-order valence-electron chi connectivity index (χ0n) is 19.0. The van der Waals surface area contributed by atoms with Crippen molar-refractivity contribution in [3.63, 3.8) is 0 Å². The Morgan fingerprint density at radius 3 is 2.78 bits per heavy atom. The number of nitrogens with one attached hydrogen (secondary N) is 1. The number of aliphatic hydroxyl groups is 2. The van der Waals surface area contributed by atoms with Crippen molar-refractivity contribution in [2.45, 2.75) is 30.7 Å². The van der Waals surface area contributed by atoms with Gasteiger partial charge in [0.25, 0.3) is 0 Å². The van der Waals surface area contributed by atoms with Crippen molar-refractivity contribution in [2.75, 3.05) is 11.9 Å². The number of thiophene rings is 1. The van der Waals surface area contributed by atoms with E-state index in [1.54, 1.807) is 6.07 Å². The fourth-order valence-electron chi connectivity index (χ4n) is 4.12. The van der Waals surface area contributed by atoms with Gasteiger partial charge in [-0.25, -0.2) is 15.1 Å². The number of aliphatic hydroxyl groups excluding tert-OH is 2. The first kappa shape index (κ1) is 28.0. The summed E-state index contributed by atoms with van der Waals surface area (Å²) < 4.78 is 28.0. The van der Waals surface area contributed by atoms with Crippen LogP contribution in [0.25, 0.3) is 0 Å². The van der Waals surface area contributed by atoms with Crippen molar-refractivity contribution in [3.8, 4) is 0 Å². The van der Waals surface area contributed by atoms with Gasteiger partial charge in [-0.2, -0.15) is 8.42 Å². The smallest absolute Gasteiger partial charge is 0.333 e. The Labute approximate surface area is 230 Å². The maximum atomic E-state index is 13.4. The third kappa shape index (κ3) is 6.53. The topological polar surface area (TPSA) is 191 Å². The Morgan fingerprint density at radius 1 is 1.32 bits per heavy atom. The van der Waals surface area contributed by atoms with Crippen LogP contribution < -0.4 is 16.2 Å². The third-order valence-electron chi connectivity index (χ3n) is 6.01. The summed E-state index contributed by atoms with van der Waals surface area (Å²) in [5, 5.41) is 28.6. The van der Waals surface area contributed by atoms with Crippen LogP contribution in [-0.4, -0.2) is 59.2 Å². The van der Waals surface area contributed by atoms with E-state index in [9.17, 15) is 23.4 Å². The average Bonchev–Trinajstić information content (AvgIpc) is 3.36. The van der Waals surface area contributed by atoms with Crippen LogP contribution in [0.3, 0.4) is 0 Å². The summed E-state index contributed by atoms with van der Waals surface area (Å²) in [6, 6.07) is 7.78. The summed E-state index contributed by atoms with van der Waals surface area (Å²) in [5.41, 5.74) is 7.94. The molecule has 0 unspecified atom stereocenters. The molecule has 0 aliphatic heterocycles. The van der Waals surface area contributed by atoms with E-state index in [0.29, 0.717) is 14.8 Å². The van der Waals surface area contributed by atoms with Gasteiger partial charge in [-0.1, -0.05) is 39.7 Å². The van der Waals surface area contributed by atoms with Gasteiger partial charge in [-0.05, 0) is 30.2 Å². The maximum absolute atomic E-state index is 13.4. The first-order valence-corrected chi connectivity index (χ1v) is 14.3. The lowest BCUT2D eigenvalue weighted by Crippen LogP contribution is -2.36. The van der Waals surface area contributed by atoms with Gasteiger partial charge in [0.15, 0.2) is 0 Å². The second kappa shape index (κ2) is 11.4. The van der Waals surface area contributed by atoms with Crippen LogP contribution in [0.4, 0.5) is 5.82 Å². The molecule has 1 aliphatic carbocycles. The van der Waals surface area contributed by atoms with E-state index in [-0.39, 0.29) is 17.8 Å². The van der Waals surface area contributed by atoms with E-state index < -0.39 is 52.9 Å². The van der Waals surface area contributed by atoms with Crippen LogP contribution in [0.2, 0.25) is 4.34 Å². The molecule has 1 aliphatic rings. The predicted molar refractivity (Wildman–Crippen MR) is 142 cm³/mol. The van der Waals surface area contributed by atoms with E-state index in [4.69, 9.17) is 22.5 Å². The number of benzene rings is 1. The van der Waals surface area contributed by atoms with Crippen molar-refractivity contribution in [2.24, 2.45) is 16.8 Å². The molecule has 0 spiro atoms. The first-order chi connectivity index (χ1) is 17.4. The molecule has 198 valence electrons. The molecule has 0 amide bonds. The number of ketones is 1. The Balaban J connectivity index is 1.54. The van der Waals surface area contributed by atoms with E-state index in [2.05, 4.69) is 35.4 Å². The van der Waals surface area contributed by atoms with Crippen LogP contribution in [0.15, 0.2) is 47.3 Å². The predicted octanol–water partition coefficient (Wildman–Crippen LogP) is 1.98. The van der Waals surface area contributed by atoms with Gasteiger partial charge >= 0.3 is 10.3 Å². The van der Waals surface area contributed by atoms with Gasteiger partial charge < -0.3 is 21.3 Å². The lowest BCUT2D eigenvalue weighted by atomic mass is 10.0. The minimum absolute atomic E-state index is 0.119. The van der Waals surface area contributed by atoms with Gasteiger partial charge in [0.05, 0.1) is 39.6 Å². The SMILES string of the molecule is N[C@@H](c1cccc(Br)c1)c1cc(C(=O)c2cncnc2N[C@@H]2C[C@H](COS(N)(=O)=O)[C@@H](O)[C@H]2O)sc1Cl. The standard InChI is InChI=1S/C22H23BrClN5O6S2/c23-12-3-1-2-10(4-12)17(25)13-6-16(36-21(13)24)19(31)14-7-27-9-28-22(14)29-15-5-11(18(30)20(15)32)8-35-37(26,33)34/h1-4,6-7,9,11,15,17-18,20,30,32H,5,8,25H2,(H2,26,33,34)(H,27,28,29)/t11-,15-,17+,18-,20+/m1/s1. The van der Waals surface area contributed by atoms with Gasteiger partial charge in [0.2, 0.25) is 5.78 Å².